The summed E-state index contributed by atoms with van der Waals surface area (Å²) in [5.74, 6) is 0. The standard InChI is InChI=1S/C13H21N/c1-8-9(2)11(4)14-12(10(8)3)13(5,6)7/h1-7H3. The molecule has 0 unspecified atom stereocenters. The van der Waals surface area contributed by atoms with Gasteiger partial charge in [-0.25, -0.2) is 0 Å². The van der Waals surface area contributed by atoms with E-state index >= 15 is 0 Å². The summed E-state index contributed by atoms with van der Waals surface area (Å²) in [6.07, 6.45) is 0. The average molecular weight is 191 g/mol. The number of hydrogen-bond donors (Lipinski definition) is 0. The Kier molecular flexibility index (Phi) is 2.71. The lowest BCUT2D eigenvalue weighted by molar-refractivity contribution is 0.561. The van der Waals surface area contributed by atoms with E-state index in [1.807, 2.05) is 0 Å². The maximum atomic E-state index is 4.70. The summed E-state index contributed by atoms with van der Waals surface area (Å²) in [7, 11) is 0. The van der Waals surface area contributed by atoms with Gasteiger partial charge in [-0.3, -0.25) is 4.98 Å². The zero-order valence-electron chi connectivity index (χ0n) is 10.4. The van der Waals surface area contributed by atoms with Crippen LogP contribution in [-0.4, -0.2) is 4.98 Å². The molecule has 0 aliphatic heterocycles. The van der Waals surface area contributed by atoms with E-state index in [1.165, 1.54) is 22.4 Å². The fraction of sp³-hybridized carbons (Fsp3) is 0.615. The van der Waals surface area contributed by atoms with Crippen LogP contribution < -0.4 is 0 Å². The highest BCUT2D eigenvalue weighted by molar-refractivity contribution is 5.40. The Morgan fingerprint density at radius 2 is 1.29 bits per heavy atom. The van der Waals surface area contributed by atoms with Gasteiger partial charge >= 0.3 is 0 Å². The van der Waals surface area contributed by atoms with Crippen molar-refractivity contribution >= 4 is 0 Å². The maximum Gasteiger partial charge on any atom is 0.0492 e. The van der Waals surface area contributed by atoms with Crippen molar-refractivity contribution in [2.24, 2.45) is 0 Å². The Balaban J connectivity index is 3.49. The molecule has 0 atom stereocenters. The van der Waals surface area contributed by atoms with Crippen molar-refractivity contribution in [1.29, 1.82) is 0 Å². The van der Waals surface area contributed by atoms with E-state index in [9.17, 15) is 0 Å². The molecule has 0 aliphatic carbocycles. The Morgan fingerprint density at radius 3 is 1.71 bits per heavy atom. The third kappa shape index (κ3) is 1.82. The number of aryl methyl sites for hydroxylation is 1. The van der Waals surface area contributed by atoms with E-state index in [1.54, 1.807) is 0 Å². The zero-order valence-corrected chi connectivity index (χ0v) is 10.4. The molecule has 0 spiro atoms. The summed E-state index contributed by atoms with van der Waals surface area (Å²) in [5, 5.41) is 0. The second kappa shape index (κ2) is 3.38. The summed E-state index contributed by atoms with van der Waals surface area (Å²) in [5.41, 5.74) is 6.61. The SMILES string of the molecule is Cc1nc(C(C)(C)C)c(C)c(C)c1C. The van der Waals surface area contributed by atoms with Crippen molar-refractivity contribution in [1.82, 2.24) is 4.98 Å². The minimum absolute atomic E-state index is 0.146. The topological polar surface area (TPSA) is 12.9 Å². The van der Waals surface area contributed by atoms with Crippen LogP contribution >= 0.6 is 0 Å². The highest BCUT2D eigenvalue weighted by Gasteiger charge is 2.20. The predicted octanol–water partition coefficient (Wildman–Crippen LogP) is 3.61. The molecule has 0 bridgehead atoms. The molecular formula is C13H21N. The minimum atomic E-state index is 0.146. The van der Waals surface area contributed by atoms with Gasteiger partial charge in [0.15, 0.2) is 0 Å². The molecule has 0 N–H and O–H groups in total. The Bertz CT molecular complexity index is 356. The molecule has 1 heterocycles. The van der Waals surface area contributed by atoms with Crippen LogP contribution in [0.4, 0.5) is 0 Å². The molecule has 1 heteroatoms. The van der Waals surface area contributed by atoms with Gasteiger partial charge in [-0.1, -0.05) is 20.8 Å². The summed E-state index contributed by atoms with van der Waals surface area (Å²) in [6.45, 7) is 15.3. The van der Waals surface area contributed by atoms with Crippen molar-refractivity contribution in [2.45, 2.75) is 53.9 Å². The number of hydrogen-bond acceptors (Lipinski definition) is 1. The summed E-state index contributed by atoms with van der Waals surface area (Å²) < 4.78 is 0. The second-order valence-electron chi connectivity index (χ2n) is 5.17. The normalized spacial score (nSPS) is 11.9. The molecule has 0 aromatic carbocycles. The van der Waals surface area contributed by atoms with Gasteiger partial charge in [-0.15, -0.1) is 0 Å². The second-order valence-corrected chi connectivity index (χ2v) is 5.17. The predicted molar refractivity (Wildman–Crippen MR) is 61.9 cm³/mol. The first kappa shape index (κ1) is 11.2. The molecule has 1 nitrogen and oxygen atoms in total. The highest BCUT2D eigenvalue weighted by atomic mass is 14.7. The summed E-state index contributed by atoms with van der Waals surface area (Å²) in [6, 6.07) is 0. The lowest BCUT2D eigenvalue weighted by Crippen LogP contribution is -2.17. The van der Waals surface area contributed by atoms with Gasteiger partial charge in [0, 0.05) is 16.8 Å². The molecule has 0 radical (unpaired) electrons. The molecule has 0 saturated heterocycles. The Hall–Kier alpha value is -0.850. The molecule has 14 heavy (non-hydrogen) atoms. The quantitative estimate of drug-likeness (QED) is 0.610. The van der Waals surface area contributed by atoms with Crippen molar-refractivity contribution in [3.8, 4) is 0 Å². The van der Waals surface area contributed by atoms with E-state index < -0.39 is 0 Å². The molecule has 0 aliphatic rings. The Morgan fingerprint density at radius 1 is 0.786 bits per heavy atom. The average Bonchev–Trinajstić information content (AvgIpc) is 2.06. The third-order valence-electron chi connectivity index (χ3n) is 3.01. The van der Waals surface area contributed by atoms with Crippen LogP contribution in [0.3, 0.4) is 0 Å². The first-order valence-electron chi connectivity index (χ1n) is 5.20. The van der Waals surface area contributed by atoms with Crippen LogP contribution in [0.1, 0.15) is 48.8 Å². The number of pyridine rings is 1. The monoisotopic (exact) mass is 191 g/mol. The van der Waals surface area contributed by atoms with Crippen molar-refractivity contribution in [3.63, 3.8) is 0 Å². The molecule has 0 fully saturated rings. The van der Waals surface area contributed by atoms with Crippen LogP contribution in [0.2, 0.25) is 0 Å². The minimum Gasteiger partial charge on any atom is -0.257 e. The fourth-order valence-electron chi connectivity index (χ4n) is 1.80. The molecule has 1 aromatic rings. The number of nitrogens with zero attached hydrogens (tertiary/aromatic N) is 1. The van der Waals surface area contributed by atoms with Gasteiger partial charge in [0.05, 0.1) is 0 Å². The van der Waals surface area contributed by atoms with Crippen LogP contribution in [0.15, 0.2) is 0 Å². The van der Waals surface area contributed by atoms with Gasteiger partial charge in [-0.2, -0.15) is 0 Å². The Labute approximate surface area is 87.6 Å². The maximum absolute atomic E-state index is 4.70. The third-order valence-corrected chi connectivity index (χ3v) is 3.01. The number of rotatable bonds is 0. The first-order chi connectivity index (χ1) is 6.25. The van der Waals surface area contributed by atoms with E-state index in [0.717, 1.165) is 5.69 Å². The molecule has 1 aromatic heterocycles. The van der Waals surface area contributed by atoms with Gasteiger partial charge in [0.1, 0.15) is 0 Å². The fourth-order valence-corrected chi connectivity index (χ4v) is 1.80. The largest absolute Gasteiger partial charge is 0.257 e. The molecule has 1 rings (SSSR count). The van der Waals surface area contributed by atoms with E-state index in [4.69, 9.17) is 4.98 Å². The summed E-state index contributed by atoms with van der Waals surface area (Å²) in [4.78, 5) is 4.70. The van der Waals surface area contributed by atoms with Gasteiger partial charge in [0.2, 0.25) is 0 Å². The summed E-state index contributed by atoms with van der Waals surface area (Å²) >= 11 is 0. The van der Waals surface area contributed by atoms with E-state index in [2.05, 4.69) is 48.5 Å². The van der Waals surface area contributed by atoms with Crippen LogP contribution in [-0.2, 0) is 5.41 Å². The zero-order chi connectivity index (χ0) is 11.1. The van der Waals surface area contributed by atoms with Crippen LogP contribution in [0.25, 0.3) is 0 Å². The van der Waals surface area contributed by atoms with E-state index in [-0.39, 0.29) is 5.41 Å². The molecule has 0 amide bonds. The lowest BCUT2D eigenvalue weighted by atomic mass is 9.86. The first-order valence-corrected chi connectivity index (χ1v) is 5.20. The van der Waals surface area contributed by atoms with Crippen molar-refractivity contribution in [2.75, 3.05) is 0 Å². The highest BCUT2D eigenvalue weighted by Crippen LogP contribution is 2.27. The van der Waals surface area contributed by atoms with E-state index in [0.29, 0.717) is 0 Å². The number of aromatic nitrogens is 1. The van der Waals surface area contributed by atoms with Crippen molar-refractivity contribution < 1.29 is 0 Å². The van der Waals surface area contributed by atoms with Gasteiger partial charge in [0.25, 0.3) is 0 Å². The smallest absolute Gasteiger partial charge is 0.0492 e. The van der Waals surface area contributed by atoms with Crippen LogP contribution in [0, 0.1) is 27.7 Å². The lowest BCUT2D eigenvalue weighted by Gasteiger charge is -2.23. The van der Waals surface area contributed by atoms with Crippen LogP contribution in [0.5, 0.6) is 0 Å². The van der Waals surface area contributed by atoms with Gasteiger partial charge < -0.3 is 0 Å². The van der Waals surface area contributed by atoms with Crippen molar-refractivity contribution in [3.05, 3.63) is 28.1 Å². The molecule has 78 valence electrons. The van der Waals surface area contributed by atoms with Gasteiger partial charge in [-0.05, 0) is 44.4 Å². The molecule has 0 saturated carbocycles. The molecular weight excluding hydrogens is 170 g/mol.